The number of nitrogens with zero attached hydrogens (tertiary/aromatic N) is 2. The lowest BCUT2D eigenvalue weighted by atomic mass is 10.2. The molecule has 0 heterocycles. The Hall–Kier alpha value is -2.03. The van der Waals surface area contributed by atoms with Crippen LogP contribution in [-0.2, 0) is 0 Å². The van der Waals surface area contributed by atoms with Crippen LogP contribution in [0.25, 0.3) is 6.08 Å². The Labute approximate surface area is 122 Å². The Balaban J connectivity index is 2.80. The highest BCUT2D eigenvalue weighted by Crippen LogP contribution is 2.19. The summed E-state index contributed by atoms with van der Waals surface area (Å²) in [5, 5.41) is 26.1. The summed E-state index contributed by atoms with van der Waals surface area (Å²) in [5.74, 6) is 3.16. The molecule has 0 aromatic heterocycles. The van der Waals surface area contributed by atoms with Crippen molar-refractivity contribution < 1.29 is 14.7 Å². The molecule has 0 aliphatic rings. The molecular weight excluding hydrogens is 280 g/mol. The van der Waals surface area contributed by atoms with Crippen LogP contribution in [0, 0.1) is 16.5 Å². The number of hydrogen-bond acceptors (Lipinski definition) is 4. The molecule has 1 aromatic rings. The first-order valence-corrected chi connectivity index (χ1v) is 6.31. The summed E-state index contributed by atoms with van der Waals surface area (Å²) in [7, 11) is 0. The van der Waals surface area contributed by atoms with Gasteiger partial charge in [-0.3, -0.25) is 0 Å². The third kappa shape index (κ3) is 5.74. The van der Waals surface area contributed by atoms with E-state index in [0.29, 0.717) is 10.6 Å². The number of halogens is 1. The van der Waals surface area contributed by atoms with E-state index in [2.05, 4.69) is 16.4 Å². The van der Waals surface area contributed by atoms with Gasteiger partial charge >= 0.3 is 0 Å². The normalized spacial score (nSPS) is 12.8. The van der Waals surface area contributed by atoms with Crippen LogP contribution in [0.2, 0.25) is 0 Å². The monoisotopic (exact) mass is 294 g/mol. The standard InChI is InChI=1S/C14H15ClN2O3/c1-12(11-18)16-17(19)9-7-13-5-2-3-6-14(13)20-10-4-8-15/h2-3,5-7,9,12,18H,10-11H2,1H3/b9-7+,17-16?. The van der Waals surface area contributed by atoms with Crippen molar-refractivity contribution in [3.8, 4) is 17.0 Å². The Bertz CT molecular complexity index is 547. The summed E-state index contributed by atoms with van der Waals surface area (Å²) in [5.41, 5.74) is 0.719. The van der Waals surface area contributed by atoms with Crippen molar-refractivity contribution in [3.63, 3.8) is 0 Å². The molecule has 0 saturated heterocycles. The largest absolute Gasteiger partial charge is 0.595 e. The van der Waals surface area contributed by atoms with Gasteiger partial charge in [-0.25, -0.2) is 0 Å². The van der Waals surface area contributed by atoms with Crippen LogP contribution in [0.4, 0.5) is 0 Å². The first kappa shape index (κ1) is 16.0. The van der Waals surface area contributed by atoms with E-state index in [9.17, 15) is 5.21 Å². The maximum Gasteiger partial charge on any atom is 0.210 e. The molecule has 0 fully saturated rings. The zero-order valence-corrected chi connectivity index (χ0v) is 11.7. The van der Waals surface area contributed by atoms with Crippen molar-refractivity contribution in [2.75, 3.05) is 13.2 Å². The third-order valence-corrected chi connectivity index (χ3v) is 2.38. The number of hydroxylamine groups is 1. The quantitative estimate of drug-likeness (QED) is 0.379. The molecule has 0 bridgehead atoms. The molecule has 1 aromatic carbocycles. The SMILES string of the molecule is CC(CO)N=[N+]([O-])/C=C/c1ccccc1OCC#CCl. The highest BCUT2D eigenvalue weighted by Gasteiger charge is 2.02. The van der Waals surface area contributed by atoms with E-state index in [-0.39, 0.29) is 13.2 Å². The maximum atomic E-state index is 11.4. The molecule has 0 aliphatic carbocycles. The average Bonchev–Trinajstić information content (AvgIpc) is 2.46. The molecule has 106 valence electrons. The molecule has 1 N–H and O–H groups in total. The lowest BCUT2D eigenvalue weighted by Crippen LogP contribution is -2.07. The third-order valence-electron chi connectivity index (χ3n) is 2.24. The van der Waals surface area contributed by atoms with Crippen molar-refractivity contribution in [2.24, 2.45) is 5.11 Å². The fourth-order valence-electron chi connectivity index (χ4n) is 1.30. The lowest BCUT2D eigenvalue weighted by Gasteiger charge is -2.05. The van der Waals surface area contributed by atoms with Crippen molar-refractivity contribution >= 4 is 17.7 Å². The van der Waals surface area contributed by atoms with E-state index in [0.717, 1.165) is 5.56 Å². The van der Waals surface area contributed by atoms with E-state index < -0.39 is 6.04 Å². The van der Waals surface area contributed by atoms with Gasteiger partial charge in [0.1, 0.15) is 18.4 Å². The zero-order chi connectivity index (χ0) is 14.8. The second kappa shape index (κ2) is 8.97. The molecule has 1 unspecified atom stereocenters. The molecular formula is C14H15ClN2O3. The average molecular weight is 295 g/mol. The Kier molecular flexibility index (Phi) is 7.18. The van der Waals surface area contributed by atoms with Gasteiger partial charge in [-0.2, -0.15) is 0 Å². The fourth-order valence-corrected chi connectivity index (χ4v) is 1.36. The zero-order valence-electron chi connectivity index (χ0n) is 11.0. The van der Waals surface area contributed by atoms with Gasteiger partial charge in [0.2, 0.25) is 6.20 Å². The van der Waals surface area contributed by atoms with Gasteiger partial charge < -0.3 is 15.1 Å². The van der Waals surface area contributed by atoms with Gasteiger partial charge in [0.15, 0.2) is 0 Å². The molecule has 20 heavy (non-hydrogen) atoms. The van der Waals surface area contributed by atoms with Crippen LogP contribution in [0.3, 0.4) is 0 Å². The van der Waals surface area contributed by atoms with Crippen LogP contribution in [0.15, 0.2) is 35.6 Å². The summed E-state index contributed by atoms with van der Waals surface area (Å²) < 4.78 is 5.41. The number of ether oxygens (including phenoxy) is 1. The maximum absolute atomic E-state index is 11.4. The predicted octanol–water partition coefficient (Wildman–Crippen LogP) is 2.58. The van der Waals surface area contributed by atoms with Gasteiger partial charge in [-0.15, -0.1) is 0 Å². The number of rotatable bonds is 6. The van der Waals surface area contributed by atoms with Gasteiger partial charge in [-0.1, -0.05) is 23.1 Å². The molecule has 5 nitrogen and oxygen atoms in total. The number of hydrogen-bond donors (Lipinski definition) is 1. The highest BCUT2D eigenvalue weighted by atomic mass is 35.5. The van der Waals surface area contributed by atoms with Gasteiger partial charge in [0.25, 0.3) is 0 Å². The minimum atomic E-state index is -0.442. The number of aliphatic hydroxyl groups is 1. The summed E-state index contributed by atoms with van der Waals surface area (Å²) in [6.07, 6.45) is 2.83. The first-order valence-electron chi connectivity index (χ1n) is 5.94. The molecule has 1 rings (SSSR count). The highest BCUT2D eigenvalue weighted by molar-refractivity contribution is 6.30. The molecule has 0 aliphatic heterocycles. The second-order valence-corrected chi connectivity index (χ2v) is 4.05. The van der Waals surface area contributed by atoms with Crippen LogP contribution in [0.1, 0.15) is 12.5 Å². The van der Waals surface area contributed by atoms with Gasteiger partial charge in [0, 0.05) is 17.0 Å². The molecule has 1 atom stereocenters. The lowest BCUT2D eigenvalue weighted by molar-refractivity contribution is -0.461. The van der Waals surface area contributed by atoms with Gasteiger partial charge in [0.05, 0.1) is 6.61 Å². The van der Waals surface area contributed by atoms with E-state index in [1.807, 2.05) is 12.1 Å². The molecule has 0 amide bonds. The van der Waals surface area contributed by atoms with E-state index in [1.54, 1.807) is 25.1 Å². The molecule has 6 heteroatoms. The molecule has 0 spiro atoms. The van der Waals surface area contributed by atoms with E-state index in [4.69, 9.17) is 21.4 Å². The summed E-state index contributed by atoms with van der Waals surface area (Å²) >= 11 is 5.24. The Morgan fingerprint density at radius 1 is 1.55 bits per heavy atom. The van der Waals surface area contributed by atoms with Crippen molar-refractivity contribution in [3.05, 3.63) is 41.2 Å². The number of para-hydroxylation sites is 1. The van der Waals surface area contributed by atoms with Crippen molar-refractivity contribution in [1.82, 2.24) is 0 Å². The predicted molar refractivity (Wildman–Crippen MR) is 77.2 cm³/mol. The number of aliphatic hydroxyl groups excluding tert-OH is 1. The number of azo groups is 1. The smallest absolute Gasteiger partial charge is 0.210 e. The van der Waals surface area contributed by atoms with Crippen molar-refractivity contribution in [2.45, 2.75) is 13.0 Å². The minimum absolute atomic E-state index is 0.168. The summed E-state index contributed by atoms with van der Waals surface area (Å²) in [6.45, 7) is 1.63. The van der Waals surface area contributed by atoms with Crippen LogP contribution >= 0.6 is 11.6 Å². The van der Waals surface area contributed by atoms with E-state index >= 15 is 0 Å². The summed E-state index contributed by atoms with van der Waals surface area (Å²) in [6, 6.07) is 6.75. The van der Waals surface area contributed by atoms with Crippen molar-refractivity contribution in [1.29, 1.82) is 0 Å². The second-order valence-electron chi connectivity index (χ2n) is 3.86. The van der Waals surface area contributed by atoms with Crippen LogP contribution in [-0.4, -0.2) is 29.2 Å². The van der Waals surface area contributed by atoms with Crippen LogP contribution < -0.4 is 4.74 Å². The Morgan fingerprint density at radius 3 is 3.00 bits per heavy atom. The molecule has 0 radical (unpaired) electrons. The van der Waals surface area contributed by atoms with Gasteiger partial charge in [-0.05, 0) is 35.6 Å². The topological polar surface area (TPSA) is 67.9 Å². The fraction of sp³-hybridized carbons (Fsp3) is 0.286. The number of benzene rings is 1. The van der Waals surface area contributed by atoms with E-state index in [1.165, 1.54) is 6.20 Å². The molecule has 0 saturated carbocycles. The Morgan fingerprint density at radius 2 is 2.30 bits per heavy atom. The van der Waals surface area contributed by atoms with Crippen LogP contribution in [0.5, 0.6) is 5.75 Å². The minimum Gasteiger partial charge on any atom is -0.595 e. The summed E-state index contributed by atoms with van der Waals surface area (Å²) in [4.78, 5) is 0.413. The first-order chi connectivity index (χ1) is 9.67.